The van der Waals surface area contributed by atoms with E-state index in [9.17, 15) is 5.11 Å². The number of allylic oxidation sites excluding steroid dienone is 2. The van der Waals surface area contributed by atoms with E-state index in [0.29, 0.717) is 5.89 Å². The van der Waals surface area contributed by atoms with E-state index in [1.165, 1.54) is 12.5 Å². The molecule has 0 saturated carbocycles. The molecule has 68 valence electrons. The Hall–Kier alpha value is -1.06. The zero-order valence-corrected chi connectivity index (χ0v) is 7.48. The number of aliphatic hydroxyl groups is 1. The zero-order chi connectivity index (χ0) is 9.31. The summed E-state index contributed by atoms with van der Waals surface area (Å²) in [5.41, 5.74) is 0. The highest BCUT2D eigenvalue weighted by molar-refractivity contribution is 6.25. The number of nitrogens with zero attached hydrogens (tertiary/aromatic N) is 1. The summed E-state index contributed by atoms with van der Waals surface area (Å²) in [6.45, 7) is 0. The Kier molecular flexibility index (Phi) is 1.98. The van der Waals surface area contributed by atoms with E-state index in [2.05, 4.69) is 4.98 Å². The monoisotopic (exact) mass is 197 g/mol. The molecule has 1 aliphatic carbocycles. The van der Waals surface area contributed by atoms with Gasteiger partial charge in [-0.3, -0.25) is 0 Å². The molecular weight excluding hydrogens is 190 g/mol. The lowest BCUT2D eigenvalue weighted by atomic mass is 9.97. The Bertz CT molecular complexity index is 345. The van der Waals surface area contributed by atoms with Crippen molar-refractivity contribution in [3.05, 3.63) is 42.7 Å². The number of aliphatic hydroxyl groups excluding tert-OH is 1. The largest absolute Gasteiger partial charge is 0.447 e. The van der Waals surface area contributed by atoms with Gasteiger partial charge in [-0.2, -0.15) is 0 Å². The maximum Gasteiger partial charge on any atom is 0.222 e. The van der Waals surface area contributed by atoms with E-state index in [0.717, 1.165) is 0 Å². The average Bonchev–Trinajstić information content (AvgIpc) is 2.63. The van der Waals surface area contributed by atoms with Crippen molar-refractivity contribution in [3.63, 3.8) is 0 Å². The lowest BCUT2D eigenvalue weighted by Gasteiger charge is -2.25. The van der Waals surface area contributed by atoms with Crippen LogP contribution >= 0.6 is 11.6 Å². The smallest absolute Gasteiger partial charge is 0.222 e. The molecule has 0 aliphatic heterocycles. The van der Waals surface area contributed by atoms with Crippen molar-refractivity contribution in [1.29, 1.82) is 0 Å². The van der Waals surface area contributed by atoms with Gasteiger partial charge in [-0.25, -0.2) is 4.98 Å². The molecule has 4 heteroatoms. The van der Waals surface area contributed by atoms with E-state index in [4.69, 9.17) is 16.0 Å². The number of alkyl halides is 1. The molecule has 2 atom stereocenters. The maximum atomic E-state index is 9.63. The van der Waals surface area contributed by atoms with Gasteiger partial charge in [0, 0.05) is 0 Å². The molecule has 1 aromatic heterocycles. The van der Waals surface area contributed by atoms with E-state index in [1.807, 2.05) is 0 Å². The lowest BCUT2D eigenvalue weighted by Crippen LogP contribution is -2.32. The van der Waals surface area contributed by atoms with Crippen molar-refractivity contribution in [2.75, 3.05) is 0 Å². The zero-order valence-electron chi connectivity index (χ0n) is 6.72. The fourth-order valence-electron chi connectivity index (χ4n) is 1.21. The predicted molar refractivity (Wildman–Crippen MR) is 48.3 cm³/mol. The third-order valence-corrected chi connectivity index (χ3v) is 2.45. The Morgan fingerprint density at radius 1 is 1.54 bits per heavy atom. The van der Waals surface area contributed by atoms with Crippen molar-refractivity contribution in [3.8, 4) is 0 Å². The highest BCUT2D eigenvalue weighted by Crippen LogP contribution is 2.35. The maximum absolute atomic E-state index is 9.63. The van der Waals surface area contributed by atoms with Gasteiger partial charge in [0.25, 0.3) is 0 Å². The summed E-state index contributed by atoms with van der Waals surface area (Å²) >= 11 is 6.15. The summed E-state index contributed by atoms with van der Waals surface area (Å²) in [4.78, 5) is 2.86. The standard InChI is InChI=1S/C9H8ClNO2/c10-9(8-11-5-6-13-8)4-2-1-3-7(9)12/h1-7,12H. The van der Waals surface area contributed by atoms with Crippen molar-refractivity contribution in [2.45, 2.75) is 11.0 Å². The van der Waals surface area contributed by atoms with Crippen LogP contribution in [0, 0.1) is 0 Å². The number of rotatable bonds is 1. The minimum Gasteiger partial charge on any atom is -0.447 e. The second kappa shape index (κ2) is 3.01. The summed E-state index contributed by atoms with van der Waals surface area (Å²) in [5.74, 6) is 0.308. The molecule has 0 bridgehead atoms. The number of oxazole rings is 1. The Morgan fingerprint density at radius 3 is 3.00 bits per heavy atom. The lowest BCUT2D eigenvalue weighted by molar-refractivity contribution is 0.173. The molecule has 0 amide bonds. The first kappa shape index (κ1) is 8.53. The van der Waals surface area contributed by atoms with Gasteiger partial charge in [0.05, 0.1) is 6.20 Å². The fourth-order valence-corrected chi connectivity index (χ4v) is 1.45. The molecule has 1 aromatic rings. The predicted octanol–water partition coefficient (Wildman–Crippen LogP) is 1.60. The molecule has 0 radical (unpaired) electrons. The minimum atomic E-state index is -1.06. The summed E-state index contributed by atoms with van der Waals surface area (Å²) in [5, 5.41) is 9.63. The SMILES string of the molecule is OC1C=CC=CC1(Cl)c1ncco1. The molecule has 1 N–H and O–H groups in total. The molecule has 2 unspecified atom stereocenters. The van der Waals surface area contributed by atoms with E-state index in [1.54, 1.807) is 24.3 Å². The van der Waals surface area contributed by atoms with Crippen molar-refractivity contribution in [2.24, 2.45) is 0 Å². The van der Waals surface area contributed by atoms with Gasteiger partial charge in [0.2, 0.25) is 5.89 Å². The third-order valence-electron chi connectivity index (χ3n) is 1.93. The molecule has 0 saturated heterocycles. The average molecular weight is 198 g/mol. The van der Waals surface area contributed by atoms with Crippen molar-refractivity contribution < 1.29 is 9.52 Å². The van der Waals surface area contributed by atoms with E-state index < -0.39 is 11.0 Å². The summed E-state index contributed by atoms with van der Waals surface area (Å²) in [7, 11) is 0. The van der Waals surface area contributed by atoms with Crippen molar-refractivity contribution >= 4 is 11.6 Å². The molecule has 1 heterocycles. The van der Waals surface area contributed by atoms with Crippen LogP contribution in [0.3, 0.4) is 0 Å². The van der Waals surface area contributed by atoms with Crippen LogP contribution in [-0.2, 0) is 4.87 Å². The molecule has 13 heavy (non-hydrogen) atoms. The third kappa shape index (κ3) is 1.30. The second-order valence-corrected chi connectivity index (χ2v) is 3.42. The first-order valence-electron chi connectivity index (χ1n) is 3.86. The van der Waals surface area contributed by atoms with Crippen LogP contribution in [0.15, 0.2) is 41.2 Å². The summed E-state index contributed by atoms with van der Waals surface area (Å²) < 4.78 is 5.06. The summed E-state index contributed by atoms with van der Waals surface area (Å²) in [6.07, 6.45) is 8.86. The van der Waals surface area contributed by atoms with Gasteiger partial charge >= 0.3 is 0 Å². The number of halogens is 1. The van der Waals surface area contributed by atoms with Gasteiger partial charge in [0.1, 0.15) is 12.4 Å². The van der Waals surface area contributed by atoms with Crippen LogP contribution < -0.4 is 0 Å². The topological polar surface area (TPSA) is 46.3 Å². The molecular formula is C9H8ClNO2. The molecule has 0 aromatic carbocycles. The molecule has 0 spiro atoms. The van der Waals surface area contributed by atoms with Crippen LogP contribution in [0.4, 0.5) is 0 Å². The number of hydrogen-bond acceptors (Lipinski definition) is 3. The fraction of sp³-hybridized carbons (Fsp3) is 0.222. The van der Waals surface area contributed by atoms with Crippen molar-refractivity contribution in [1.82, 2.24) is 4.98 Å². The number of aromatic nitrogens is 1. The quantitative estimate of drug-likeness (QED) is 0.696. The molecule has 3 nitrogen and oxygen atoms in total. The van der Waals surface area contributed by atoms with Gasteiger partial charge in [-0.1, -0.05) is 24.3 Å². The van der Waals surface area contributed by atoms with E-state index >= 15 is 0 Å². The van der Waals surface area contributed by atoms with Gasteiger partial charge < -0.3 is 9.52 Å². The highest BCUT2D eigenvalue weighted by Gasteiger charge is 2.39. The Morgan fingerprint density at radius 2 is 2.38 bits per heavy atom. The molecule has 1 aliphatic rings. The van der Waals surface area contributed by atoms with Crippen LogP contribution in [0.2, 0.25) is 0 Å². The molecule has 0 fully saturated rings. The normalized spacial score (nSPS) is 32.3. The van der Waals surface area contributed by atoms with Gasteiger partial charge in [0.15, 0.2) is 4.87 Å². The minimum absolute atomic E-state index is 0.308. The highest BCUT2D eigenvalue weighted by atomic mass is 35.5. The van der Waals surface area contributed by atoms with Crippen LogP contribution in [0.5, 0.6) is 0 Å². The Labute approximate surface area is 80.3 Å². The number of hydrogen-bond donors (Lipinski definition) is 1. The molecule has 2 rings (SSSR count). The first-order chi connectivity index (χ1) is 6.23. The van der Waals surface area contributed by atoms with Gasteiger partial charge in [-0.15, -0.1) is 11.6 Å². The second-order valence-electron chi connectivity index (χ2n) is 2.79. The van der Waals surface area contributed by atoms with E-state index in [-0.39, 0.29) is 0 Å². The Balaban J connectivity index is 2.41. The van der Waals surface area contributed by atoms with Crippen LogP contribution in [0.25, 0.3) is 0 Å². The first-order valence-corrected chi connectivity index (χ1v) is 4.24. The van der Waals surface area contributed by atoms with Crippen LogP contribution in [-0.4, -0.2) is 16.2 Å². The van der Waals surface area contributed by atoms with Gasteiger partial charge in [-0.05, 0) is 0 Å². The van der Waals surface area contributed by atoms with Crippen LogP contribution in [0.1, 0.15) is 5.89 Å². The summed E-state index contributed by atoms with van der Waals surface area (Å²) in [6, 6.07) is 0.